The minimum Gasteiger partial charge on any atom is -0.456 e. The standard InChI is InChI=1S/C29H17N3O2/c1-2-8-18(9-3-1)27-30-28(32-29(31-27)26-17-19-10-4-6-12-23(19)33-26)20-14-15-25-22(16-20)21-11-5-7-13-24(21)34-25/h1-17H. The van der Waals surface area contributed by atoms with Gasteiger partial charge in [0, 0.05) is 27.3 Å². The Morgan fingerprint density at radius 1 is 0.441 bits per heavy atom. The third-order valence-corrected chi connectivity index (χ3v) is 5.95. The van der Waals surface area contributed by atoms with E-state index in [9.17, 15) is 0 Å². The van der Waals surface area contributed by atoms with Gasteiger partial charge in [-0.2, -0.15) is 0 Å². The van der Waals surface area contributed by atoms with Crippen LogP contribution in [0.2, 0.25) is 0 Å². The van der Waals surface area contributed by atoms with Crippen molar-refractivity contribution in [3.63, 3.8) is 0 Å². The second kappa shape index (κ2) is 7.39. The van der Waals surface area contributed by atoms with Gasteiger partial charge in [0.25, 0.3) is 0 Å². The maximum Gasteiger partial charge on any atom is 0.199 e. The number of rotatable bonds is 3. The molecule has 0 aliphatic heterocycles. The number of furan rings is 2. The molecule has 0 amide bonds. The molecule has 0 spiro atoms. The highest BCUT2D eigenvalue weighted by molar-refractivity contribution is 6.06. The quantitative estimate of drug-likeness (QED) is 0.285. The fraction of sp³-hybridized carbons (Fsp3) is 0. The van der Waals surface area contributed by atoms with Crippen molar-refractivity contribution in [2.45, 2.75) is 0 Å². The number of hydrogen-bond donors (Lipinski definition) is 0. The summed E-state index contributed by atoms with van der Waals surface area (Å²) in [4.78, 5) is 14.4. The lowest BCUT2D eigenvalue weighted by Crippen LogP contribution is -1.99. The minimum atomic E-state index is 0.497. The van der Waals surface area contributed by atoms with E-state index in [0.717, 1.165) is 44.0 Å². The summed E-state index contributed by atoms with van der Waals surface area (Å²) in [5, 5.41) is 3.10. The van der Waals surface area contributed by atoms with Gasteiger partial charge in [0.15, 0.2) is 23.2 Å². The number of aromatic nitrogens is 3. The Balaban J connectivity index is 1.45. The number of fused-ring (bicyclic) bond motifs is 4. The Bertz CT molecular complexity index is 1780. The third kappa shape index (κ3) is 3.06. The topological polar surface area (TPSA) is 65.0 Å². The van der Waals surface area contributed by atoms with E-state index < -0.39 is 0 Å². The highest BCUT2D eigenvalue weighted by Crippen LogP contribution is 2.33. The van der Waals surface area contributed by atoms with Gasteiger partial charge >= 0.3 is 0 Å². The number of hydrogen-bond acceptors (Lipinski definition) is 5. The van der Waals surface area contributed by atoms with Gasteiger partial charge in [0.2, 0.25) is 0 Å². The van der Waals surface area contributed by atoms with Crippen molar-refractivity contribution in [3.8, 4) is 34.4 Å². The average molecular weight is 439 g/mol. The lowest BCUT2D eigenvalue weighted by atomic mass is 10.1. The number of para-hydroxylation sites is 2. The van der Waals surface area contributed by atoms with Gasteiger partial charge in [0.05, 0.1) is 0 Å². The smallest absolute Gasteiger partial charge is 0.199 e. The van der Waals surface area contributed by atoms with Gasteiger partial charge in [-0.25, -0.2) is 15.0 Å². The molecule has 0 N–H and O–H groups in total. The zero-order chi connectivity index (χ0) is 22.5. The van der Waals surface area contributed by atoms with Crippen LogP contribution in [0.1, 0.15) is 0 Å². The molecular weight excluding hydrogens is 422 g/mol. The lowest BCUT2D eigenvalue weighted by Gasteiger charge is -2.07. The van der Waals surface area contributed by atoms with E-state index in [-0.39, 0.29) is 0 Å². The molecule has 0 aliphatic carbocycles. The van der Waals surface area contributed by atoms with E-state index in [2.05, 4.69) is 12.1 Å². The van der Waals surface area contributed by atoms with Crippen LogP contribution in [0.4, 0.5) is 0 Å². The number of benzene rings is 4. The van der Waals surface area contributed by atoms with Gasteiger partial charge in [-0.3, -0.25) is 0 Å². The molecule has 0 atom stereocenters. The van der Waals surface area contributed by atoms with Crippen LogP contribution in [0.5, 0.6) is 0 Å². The van der Waals surface area contributed by atoms with Crippen molar-refractivity contribution < 1.29 is 8.83 Å². The van der Waals surface area contributed by atoms with Crippen molar-refractivity contribution in [2.24, 2.45) is 0 Å². The van der Waals surface area contributed by atoms with Crippen molar-refractivity contribution in [2.75, 3.05) is 0 Å². The molecule has 0 fully saturated rings. The van der Waals surface area contributed by atoms with Crippen molar-refractivity contribution in [3.05, 3.63) is 103 Å². The SMILES string of the molecule is c1ccc(-c2nc(-c3ccc4oc5ccccc5c4c3)nc(-c3cc4ccccc4o3)n2)cc1. The van der Waals surface area contributed by atoms with E-state index in [0.29, 0.717) is 23.2 Å². The van der Waals surface area contributed by atoms with Crippen molar-refractivity contribution in [1.29, 1.82) is 0 Å². The summed E-state index contributed by atoms with van der Waals surface area (Å²) >= 11 is 0. The molecule has 3 heterocycles. The van der Waals surface area contributed by atoms with Crippen molar-refractivity contribution in [1.82, 2.24) is 15.0 Å². The normalized spacial score (nSPS) is 11.5. The molecule has 3 aromatic heterocycles. The molecule has 7 rings (SSSR count). The third-order valence-electron chi connectivity index (χ3n) is 5.95. The highest BCUT2D eigenvalue weighted by Gasteiger charge is 2.16. The maximum atomic E-state index is 6.08. The Morgan fingerprint density at radius 2 is 1.12 bits per heavy atom. The summed E-state index contributed by atoms with van der Waals surface area (Å²) in [6.45, 7) is 0. The fourth-order valence-corrected chi connectivity index (χ4v) is 4.29. The van der Waals surface area contributed by atoms with E-state index in [1.807, 2.05) is 91.0 Å². The first-order valence-electron chi connectivity index (χ1n) is 11.0. The Kier molecular flexibility index (Phi) is 4.08. The first-order chi connectivity index (χ1) is 16.8. The van der Waals surface area contributed by atoms with Gasteiger partial charge < -0.3 is 8.83 Å². The zero-order valence-corrected chi connectivity index (χ0v) is 18.0. The molecule has 0 unspecified atom stereocenters. The Labute approximate surface area is 194 Å². The van der Waals surface area contributed by atoms with E-state index in [1.165, 1.54) is 0 Å². The summed E-state index contributed by atoms with van der Waals surface area (Å²) in [6.07, 6.45) is 0. The summed E-state index contributed by atoms with van der Waals surface area (Å²) in [5.74, 6) is 2.28. The molecular formula is C29H17N3O2. The first-order valence-corrected chi connectivity index (χ1v) is 11.0. The predicted molar refractivity (Wildman–Crippen MR) is 133 cm³/mol. The monoisotopic (exact) mass is 439 g/mol. The average Bonchev–Trinajstić information content (AvgIpc) is 3.50. The molecule has 160 valence electrons. The van der Waals surface area contributed by atoms with Crippen LogP contribution in [0, 0.1) is 0 Å². The summed E-state index contributed by atoms with van der Waals surface area (Å²) in [6, 6.07) is 33.8. The van der Waals surface area contributed by atoms with Gasteiger partial charge in [0.1, 0.15) is 16.7 Å². The summed E-state index contributed by atoms with van der Waals surface area (Å²) in [7, 11) is 0. The predicted octanol–water partition coefficient (Wildman–Crippen LogP) is 7.52. The molecule has 34 heavy (non-hydrogen) atoms. The second-order valence-electron chi connectivity index (χ2n) is 8.13. The molecule has 0 radical (unpaired) electrons. The van der Waals surface area contributed by atoms with Gasteiger partial charge in [-0.1, -0.05) is 66.7 Å². The maximum absolute atomic E-state index is 6.08. The highest BCUT2D eigenvalue weighted by atomic mass is 16.3. The van der Waals surface area contributed by atoms with Crippen LogP contribution in [0.3, 0.4) is 0 Å². The summed E-state index contributed by atoms with van der Waals surface area (Å²) in [5.41, 5.74) is 4.29. The molecule has 0 saturated carbocycles. The van der Waals surface area contributed by atoms with Crippen LogP contribution < -0.4 is 0 Å². The van der Waals surface area contributed by atoms with Crippen LogP contribution in [-0.2, 0) is 0 Å². The minimum absolute atomic E-state index is 0.497. The summed E-state index contributed by atoms with van der Waals surface area (Å²) < 4.78 is 12.1. The molecule has 0 saturated heterocycles. The number of nitrogens with zero attached hydrogens (tertiary/aromatic N) is 3. The molecule has 0 aliphatic rings. The largest absolute Gasteiger partial charge is 0.456 e. The van der Waals surface area contributed by atoms with Crippen LogP contribution in [0.25, 0.3) is 67.3 Å². The van der Waals surface area contributed by atoms with E-state index in [4.69, 9.17) is 23.8 Å². The molecule has 7 aromatic rings. The molecule has 5 nitrogen and oxygen atoms in total. The van der Waals surface area contributed by atoms with Crippen LogP contribution >= 0.6 is 0 Å². The first kappa shape index (κ1) is 18.8. The second-order valence-corrected chi connectivity index (χ2v) is 8.13. The lowest BCUT2D eigenvalue weighted by molar-refractivity contribution is 0.625. The zero-order valence-electron chi connectivity index (χ0n) is 18.0. The van der Waals surface area contributed by atoms with E-state index in [1.54, 1.807) is 0 Å². The Hall–Kier alpha value is -4.77. The van der Waals surface area contributed by atoms with Crippen LogP contribution in [0.15, 0.2) is 112 Å². The molecule has 0 bridgehead atoms. The molecule has 4 aromatic carbocycles. The van der Waals surface area contributed by atoms with E-state index >= 15 is 0 Å². The van der Waals surface area contributed by atoms with Crippen molar-refractivity contribution >= 4 is 32.9 Å². The molecule has 5 heteroatoms. The Morgan fingerprint density at radius 3 is 1.97 bits per heavy atom. The fourth-order valence-electron chi connectivity index (χ4n) is 4.29. The van der Waals surface area contributed by atoms with Crippen LogP contribution in [-0.4, -0.2) is 15.0 Å². The van der Waals surface area contributed by atoms with Gasteiger partial charge in [-0.15, -0.1) is 0 Å². The van der Waals surface area contributed by atoms with Gasteiger partial charge in [-0.05, 0) is 36.4 Å².